The summed E-state index contributed by atoms with van der Waals surface area (Å²) in [6.07, 6.45) is 3.23. The summed E-state index contributed by atoms with van der Waals surface area (Å²) in [5.41, 5.74) is 1.03. The van der Waals surface area contributed by atoms with Crippen LogP contribution in [0.1, 0.15) is 52.5 Å². The van der Waals surface area contributed by atoms with Gasteiger partial charge in [-0.05, 0) is 81.1 Å². The summed E-state index contributed by atoms with van der Waals surface area (Å²) < 4.78 is 37.8. The van der Waals surface area contributed by atoms with Crippen molar-refractivity contribution < 1.29 is 17.0 Å². The third kappa shape index (κ3) is 4.40. The number of hydrogen-bond acceptors (Lipinski definition) is 4. The van der Waals surface area contributed by atoms with E-state index in [1.54, 1.807) is 12.1 Å². The molecule has 2 bridgehead atoms. The average Bonchev–Trinajstić information content (AvgIpc) is 3.13. The molecule has 0 N–H and O–H groups in total. The molecule has 3 rings (SSSR count). The minimum absolute atomic E-state index is 0.182. The minimum atomic E-state index is -3.74. The second kappa shape index (κ2) is 7.53. The predicted octanol–water partition coefficient (Wildman–Crippen LogP) is 5.53. The zero-order valence-electron chi connectivity index (χ0n) is 18.4. The van der Waals surface area contributed by atoms with E-state index in [-0.39, 0.29) is 28.1 Å². The molecule has 2 aliphatic carbocycles. The smallest absolute Gasteiger partial charge is 0.297 e. The third-order valence-electron chi connectivity index (χ3n) is 7.25. The van der Waals surface area contributed by atoms with E-state index in [0.29, 0.717) is 11.8 Å². The summed E-state index contributed by atoms with van der Waals surface area (Å²) in [4.78, 5) is 0.238. The zero-order chi connectivity index (χ0) is 20.9. The molecule has 1 aromatic carbocycles. The molecular weight excluding hydrogens is 388 g/mol. The largest absolute Gasteiger partial charge is 0.414 e. The monoisotopic (exact) mass is 424 g/mol. The molecule has 2 saturated carbocycles. The van der Waals surface area contributed by atoms with E-state index in [4.69, 9.17) is 8.61 Å². The highest BCUT2D eigenvalue weighted by Gasteiger charge is 2.52. The summed E-state index contributed by atoms with van der Waals surface area (Å²) in [6, 6.07) is 6.87. The van der Waals surface area contributed by atoms with Gasteiger partial charge in [-0.3, -0.25) is 4.18 Å². The van der Waals surface area contributed by atoms with Crippen molar-refractivity contribution in [2.75, 3.05) is 0 Å². The molecule has 5 atom stereocenters. The maximum atomic E-state index is 12.7. The van der Waals surface area contributed by atoms with E-state index >= 15 is 0 Å². The fourth-order valence-corrected chi connectivity index (χ4v) is 7.11. The van der Waals surface area contributed by atoms with Crippen molar-refractivity contribution in [3.8, 4) is 0 Å². The molecule has 0 unspecified atom stereocenters. The molecule has 4 nitrogen and oxygen atoms in total. The number of rotatable bonds is 6. The van der Waals surface area contributed by atoms with Gasteiger partial charge in [-0.25, -0.2) is 0 Å². The number of fused-ring (bicyclic) bond motifs is 2. The molecule has 0 amide bonds. The van der Waals surface area contributed by atoms with Crippen molar-refractivity contribution in [3.05, 3.63) is 29.8 Å². The quantitative estimate of drug-likeness (QED) is 0.445. The minimum Gasteiger partial charge on any atom is -0.414 e. The molecule has 28 heavy (non-hydrogen) atoms. The molecule has 6 heteroatoms. The molecule has 158 valence electrons. The number of benzene rings is 1. The summed E-state index contributed by atoms with van der Waals surface area (Å²) in [6.45, 7) is 15.3. The Morgan fingerprint density at radius 2 is 1.68 bits per heavy atom. The lowest BCUT2D eigenvalue weighted by atomic mass is 9.83. The van der Waals surface area contributed by atoms with Crippen LogP contribution in [0, 0.1) is 24.7 Å². The highest BCUT2D eigenvalue weighted by atomic mass is 32.2. The predicted molar refractivity (Wildman–Crippen MR) is 115 cm³/mol. The van der Waals surface area contributed by atoms with Crippen molar-refractivity contribution in [1.82, 2.24) is 0 Å². The van der Waals surface area contributed by atoms with Crippen molar-refractivity contribution in [2.24, 2.45) is 17.8 Å². The highest BCUT2D eigenvalue weighted by molar-refractivity contribution is 7.86. The van der Waals surface area contributed by atoms with Crippen LogP contribution in [-0.2, 0) is 18.7 Å². The van der Waals surface area contributed by atoms with Crippen LogP contribution >= 0.6 is 0 Å². The van der Waals surface area contributed by atoms with Crippen molar-refractivity contribution in [1.29, 1.82) is 0 Å². The van der Waals surface area contributed by atoms with Crippen LogP contribution in [0.3, 0.4) is 0 Å². The first-order valence-corrected chi connectivity index (χ1v) is 14.8. The maximum Gasteiger partial charge on any atom is 0.297 e. The lowest BCUT2D eigenvalue weighted by Crippen LogP contribution is -2.47. The Labute approximate surface area is 172 Å². The van der Waals surface area contributed by atoms with Crippen LogP contribution in [0.4, 0.5) is 0 Å². The van der Waals surface area contributed by atoms with Gasteiger partial charge >= 0.3 is 0 Å². The Morgan fingerprint density at radius 1 is 1.07 bits per heavy atom. The molecule has 0 saturated heterocycles. The zero-order valence-corrected chi connectivity index (χ0v) is 20.2. The molecule has 1 aromatic rings. The van der Waals surface area contributed by atoms with Gasteiger partial charge < -0.3 is 4.43 Å². The van der Waals surface area contributed by atoms with Gasteiger partial charge in [0.2, 0.25) is 0 Å². The molecule has 0 heterocycles. The summed E-state index contributed by atoms with van der Waals surface area (Å²) >= 11 is 0. The second-order valence-electron chi connectivity index (χ2n) is 10.4. The van der Waals surface area contributed by atoms with Crippen LogP contribution in [0.25, 0.3) is 0 Å². The van der Waals surface area contributed by atoms with Gasteiger partial charge in [-0.1, -0.05) is 38.5 Å². The average molecular weight is 425 g/mol. The van der Waals surface area contributed by atoms with Crippen molar-refractivity contribution >= 4 is 18.4 Å². The fraction of sp³-hybridized carbons (Fsp3) is 0.727. The first-order valence-electron chi connectivity index (χ1n) is 10.5. The highest BCUT2D eigenvalue weighted by Crippen LogP contribution is 2.53. The van der Waals surface area contributed by atoms with Gasteiger partial charge in [0.1, 0.15) is 0 Å². The van der Waals surface area contributed by atoms with Gasteiger partial charge in [0.05, 0.1) is 11.0 Å². The molecule has 0 aliphatic heterocycles. The molecule has 0 aromatic heterocycles. The number of hydrogen-bond donors (Lipinski definition) is 0. The SMILES string of the molecule is Cc1ccc(S(=O)(=O)O[C@@H](C)[C@@H]2C[C@@H]3C[C@H]2[C@@H](O[Si](C)(C)C(C)(C)C)C3)cc1. The Balaban J connectivity index is 1.70. The Morgan fingerprint density at radius 3 is 2.21 bits per heavy atom. The first-order chi connectivity index (χ1) is 12.8. The van der Waals surface area contributed by atoms with Gasteiger partial charge in [-0.15, -0.1) is 0 Å². The van der Waals surface area contributed by atoms with Crippen LogP contribution in [-0.4, -0.2) is 28.9 Å². The summed E-state index contributed by atoms with van der Waals surface area (Å²) in [5, 5.41) is 0.182. The fourth-order valence-electron chi connectivity index (χ4n) is 4.60. The Bertz CT molecular complexity index is 795. The molecule has 2 aliphatic rings. The van der Waals surface area contributed by atoms with Gasteiger partial charge in [0.25, 0.3) is 10.1 Å². The van der Waals surface area contributed by atoms with Crippen molar-refractivity contribution in [3.63, 3.8) is 0 Å². The Kier molecular flexibility index (Phi) is 5.92. The first kappa shape index (κ1) is 22.0. The Hall–Kier alpha value is -0.693. The maximum absolute atomic E-state index is 12.7. The van der Waals surface area contributed by atoms with Crippen LogP contribution < -0.4 is 0 Å². The lowest BCUT2D eigenvalue weighted by Gasteiger charge is -2.42. The normalized spacial score (nSPS) is 29.2. The van der Waals surface area contributed by atoms with E-state index in [1.807, 2.05) is 26.0 Å². The standard InChI is InChI=1S/C22H36O4SSi/c1-15-8-10-18(11-9-15)27(23,24)25-16(2)19-12-17-13-20(19)21(14-17)26-28(6,7)22(3,4)5/h8-11,16-17,19-21H,12-14H2,1-7H3/t16-,17+,19-,20+,21-/m0/s1. The molecule has 2 fully saturated rings. The van der Waals surface area contributed by atoms with E-state index in [2.05, 4.69) is 33.9 Å². The summed E-state index contributed by atoms with van der Waals surface area (Å²) in [5.74, 6) is 1.29. The van der Waals surface area contributed by atoms with Gasteiger partial charge in [0, 0.05) is 6.10 Å². The van der Waals surface area contributed by atoms with Gasteiger partial charge in [0.15, 0.2) is 8.32 Å². The van der Waals surface area contributed by atoms with E-state index in [0.717, 1.165) is 24.8 Å². The van der Waals surface area contributed by atoms with Crippen LogP contribution in [0.5, 0.6) is 0 Å². The van der Waals surface area contributed by atoms with Gasteiger partial charge in [-0.2, -0.15) is 8.42 Å². The van der Waals surface area contributed by atoms with Crippen LogP contribution in [0.15, 0.2) is 29.2 Å². The number of aryl methyl sites for hydroxylation is 1. The van der Waals surface area contributed by atoms with E-state index < -0.39 is 18.4 Å². The van der Waals surface area contributed by atoms with E-state index in [9.17, 15) is 8.42 Å². The topological polar surface area (TPSA) is 52.6 Å². The molecular formula is C22H36O4SSi. The van der Waals surface area contributed by atoms with Crippen molar-refractivity contribution in [2.45, 2.75) is 89.1 Å². The third-order valence-corrected chi connectivity index (χ3v) is 13.2. The van der Waals surface area contributed by atoms with E-state index in [1.165, 1.54) is 0 Å². The second-order valence-corrected chi connectivity index (χ2v) is 16.7. The molecule has 0 spiro atoms. The lowest BCUT2D eigenvalue weighted by molar-refractivity contribution is 0.0394. The summed E-state index contributed by atoms with van der Waals surface area (Å²) in [7, 11) is -5.57. The van der Waals surface area contributed by atoms with Crippen LogP contribution in [0.2, 0.25) is 18.1 Å². The molecule has 0 radical (unpaired) electrons.